The number of carbonyl (C=O) groups is 4. The molecule has 15 heteroatoms. The van der Waals surface area contributed by atoms with Crippen LogP contribution in [0.1, 0.15) is 44.0 Å². The number of hydrazine groups is 1. The minimum absolute atomic E-state index is 0.00993. The molecule has 1 aromatic carbocycles. The fraction of sp³-hybridized carbons (Fsp3) is 0.400. The van der Waals surface area contributed by atoms with E-state index in [1.54, 1.807) is 20.8 Å². The molecule has 0 radical (unpaired) electrons. The number of hydrogen-bond acceptors (Lipinski definition) is 7. The predicted molar refractivity (Wildman–Crippen MR) is 145 cm³/mol. The number of carbonyl (C=O) groups excluding carboxylic acids is 4. The number of benzene rings is 1. The van der Waals surface area contributed by atoms with E-state index in [1.807, 2.05) is 0 Å². The Hall–Kier alpha value is -3.35. The van der Waals surface area contributed by atoms with Gasteiger partial charge in [0.15, 0.2) is 17.6 Å². The zero-order valence-electron chi connectivity index (χ0n) is 21.7. The van der Waals surface area contributed by atoms with E-state index >= 15 is 0 Å². The number of aromatic nitrogens is 1. The van der Waals surface area contributed by atoms with Gasteiger partial charge in [0.05, 0.1) is 16.2 Å². The van der Waals surface area contributed by atoms with Crippen LogP contribution >= 0.6 is 34.8 Å². The van der Waals surface area contributed by atoms with Crippen molar-refractivity contribution in [2.24, 2.45) is 0 Å². The standard InChI is InChI=1S/C25H27Cl3FN5O6/c1-25(2,3)40-24(38)34-11-14(31-20(35)12-39-15-9-18(29)21(28)30-10-15)5-7-19(34)23(37)33-32-22(36)13-4-6-16(26)17(27)8-13/h4,6,8-10,14,19H,5,7,11-12H2,1-3H3,(H,31,35)(H,32,36)(H,33,37)/t14-,19+/m0/s1. The molecule has 0 saturated carbocycles. The summed E-state index contributed by atoms with van der Waals surface area (Å²) >= 11 is 17.4. The Morgan fingerprint density at radius 2 is 1.80 bits per heavy atom. The van der Waals surface area contributed by atoms with Gasteiger partial charge in [0.2, 0.25) is 0 Å². The molecule has 1 aliphatic heterocycles. The predicted octanol–water partition coefficient (Wildman–Crippen LogP) is 3.91. The number of nitrogens with zero attached hydrogens (tertiary/aromatic N) is 2. The number of piperidine rings is 1. The van der Waals surface area contributed by atoms with Crippen LogP contribution in [0, 0.1) is 5.82 Å². The summed E-state index contributed by atoms with van der Waals surface area (Å²) in [5.74, 6) is -2.63. The lowest BCUT2D eigenvalue weighted by Crippen LogP contribution is -2.60. The van der Waals surface area contributed by atoms with Gasteiger partial charge in [-0.2, -0.15) is 0 Å². The molecular weight excluding hydrogens is 592 g/mol. The highest BCUT2D eigenvalue weighted by Gasteiger charge is 2.39. The molecule has 0 unspecified atom stereocenters. The highest BCUT2D eigenvalue weighted by atomic mass is 35.5. The molecule has 1 aromatic heterocycles. The Morgan fingerprint density at radius 1 is 1.07 bits per heavy atom. The Kier molecular flexibility index (Phi) is 10.4. The van der Waals surface area contributed by atoms with Crippen molar-refractivity contribution in [3.8, 4) is 5.75 Å². The molecule has 11 nitrogen and oxygen atoms in total. The van der Waals surface area contributed by atoms with E-state index in [9.17, 15) is 23.6 Å². The van der Waals surface area contributed by atoms with E-state index in [4.69, 9.17) is 44.3 Å². The van der Waals surface area contributed by atoms with Crippen molar-refractivity contribution in [3.05, 3.63) is 57.0 Å². The van der Waals surface area contributed by atoms with Crippen LogP contribution in [0.15, 0.2) is 30.5 Å². The lowest BCUT2D eigenvalue weighted by Gasteiger charge is -2.39. The molecule has 216 valence electrons. The lowest BCUT2D eigenvalue weighted by molar-refractivity contribution is -0.129. The van der Waals surface area contributed by atoms with Crippen LogP contribution in [-0.2, 0) is 14.3 Å². The van der Waals surface area contributed by atoms with Crippen molar-refractivity contribution in [1.82, 2.24) is 26.1 Å². The van der Waals surface area contributed by atoms with Gasteiger partial charge in [-0.05, 0) is 51.8 Å². The van der Waals surface area contributed by atoms with Crippen LogP contribution in [0.2, 0.25) is 15.2 Å². The van der Waals surface area contributed by atoms with E-state index in [1.165, 1.54) is 29.3 Å². The highest BCUT2D eigenvalue weighted by Crippen LogP contribution is 2.23. The third kappa shape index (κ3) is 8.83. The molecule has 1 aliphatic rings. The number of ether oxygens (including phenoxy) is 2. The van der Waals surface area contributed by atoms with Crippen molar-refractivity contribution in [1.29, 1.82) is 0 Å². The van der Waals surface area contributed by atoms with Crippen LogP contribution in [0.5, 0.6) is 5.75 Å². The molecule has 1 saturated heterocycles. The maximum Gasteiger partial charge on any atom is 0.411 e. The lowest BCUT2D eigenvalue weighted by atomic mass is 9.98. The molecule has 1 fully saturated rings. The number of halogens is 4. The molecule has 0 spiro atoms. The summed E-state index contributed by atoms with van der Waals surface area (Å²) in [7, 11) is 0. The van der Waals surface area contributed by atoms with E-state index < -0.39 is 53.9 Å². The first-order chi connectivity index (χ1) is 18.7. The zero-order valence-corrected chi connectivity index (χ0v) is 24.0. The summed E-state index contributed by atoms with van der Waals surface area (Å²) in [6.07, 6.45) is 0.862. The van der Waals surface area contributed by atoms with Crippen molar-refractivity contribution in [2.75, 3.05) is 13.2 Å². The minimum atomic E-state index is -1.00. The van der Waals surface area contributed by atoms with Gasteiger partial charge in [-0.3, -0.25) is 30.1 Å². The van der Waals surface area contributed by atoms with E-state index in [0.29, 0.717) is 6.42 Å². The molecule has 2 heterocycles. The highest BCUT2D eigenvalue weighted by molar-refractivity contribution is 6.42. The third-order valence-electron chi connectivity index (χ3n) is 5.50. The van der Waals surface area contributed by atoms with Crippen LogP contribution in [0.4, 0.5) is 9.18 Å². The Labute approximate surface area is 244 Å². The molecule has 2 aromatic rings. The van der Waals surface area contributed by atoms with Gasteiger partial charge in [-0.1, -0.05) is 34.8 Å². The first kappa shape index (κ1) is 31.2. The van der Waals surface area contributed by atoms with Gasteiger partial charge in [-0.25, -0.2) is 14.2 Å². The average molecular weight is 619 g/mol. The summed E-state index contributed by atoms with van der Waals surface area (Å²) in [4.78, 5) is 55.7. The van der Waals surface area contributed by atoms with Gasteiger partial charge in [0.1, 0.15) is 17.4 Å². The maximum absolute atomic E-state index is 13.5. The SMILES string of the molecule is CC(C)(C)OC(=O)N1C[C@@H](NC(=O)COc2cnc(Cl)c(F)c2)CC[C@@H]1C(=O)NNC(=O)c1ccc(Cl)c(Cl)c1. The molecule has 3 rings (SSSR count). The van der Waals surface area contributed by atoms with Gasteiger partial charge >= 0.3 is 6.09 Å². The first-order valence-corrected chi connectivity index (χ1v) is 13.1. The van der Waals surface area contributed by atoms with E-state index in [0.717, 1.165) is 6.07 Å². The van der Waals surface area contributed by atoms with Crippen molar-refractivity contribution < 1.29 is 33.0 Å². The van der Waals surface area contributed by atoms with Crippen LogP contribution in [0.3, 0.4) is 0 Å². The van der Waals surface area contributed by atoms with Crippen molar-refractivity contribution >= 4 is 58.6 Å². The van der Waals surface area contributed by atoms with Crippen LogP contribution < -0.4 is 20.9 Å². The molecule has 0 aliphatic carbocycles. The van der Waals surface area contributed by atoms with Gasteiger partial charge in [-0.15, -0.1) is 0 Å². The fourth-order valence-corrected chi connectivity index (χ4v) is 4.10. The molecule has 4 amide bonds. The third-order valence-corrected chi connectivity index (χ3v) is 6.52. The topological polar surface area (TPSA) is 139 Å². The van der Waals surface area contributed by atoms with Gasteiger partial charge in [0.25, 0.3) is 17.7 Å². The summed E-state index contributed by atoms with van der Waals surface area (Å²) in [6.45, 7) is 4.51. The number of likely N-dealkylation sites (tertiary alicyclic amines) is 1. The zero-order chi connectivity index (χ0) is 29.6. The minimum Gasteiger partial charge on any atom is -0.482 e. The average Bonchev–Trinajstić information content (AvgIpc) is 2.88. The summed E-state index contributed by atoms with van der Waals surface area (Å²) < 4.78 is 24.2. The van der Waals surface area contributed by atoms with Crippen molar-refractivity contribution in [2.45, 2.75) is 51.3 Å². The quantitative estimate of drug-likeness (QED) is 0.330. The molecular formula is C25H27Cl3FN5O6. The number of pyridine rings is 1. The Bertz CT molecular complexity index is 1290. The second-order valence-electron chi connectivity index (χ2n) is 9.79. The second kappa shape index (κ2) is 13.3. The van der Waals surface area contributed by atoms with Gasteiger partial charge < -0.3 is 14.8 Å². The monoisotopic (exact) mass is 617 g/mol. The molecule has 40 heavy (non-hydrogen) atoms. The summed E-state index contributed by atoms with van der Waals surface area (Å²) in [5, 5.41) is 2.83. The largest absolute Gasteiger partial charge is 0.482 e. The number of rotatable bonds is 6. The normalized spacial score (nSPS) is 17.0. The van der Waals surface area contributed by atoms with Gasteiger partial charge in [0, 0.05) is 24.2 Å². The molecule has 0 bridgehead atoms. The van der Waals surface area contributed by atoms with Crippen LogP contribution in [-0.4, -0.2) is 64.5 Å². The first-order valence-electron chi connectivity index (χ1n) is 12.0. The summed E-state index contributed by atoms with van der Waals surface area (Å²) in [5.41, 5.74) is 3.91. The Balaban J connectivity index is 1.62. The van der Waals surface area contributed by atoms with E-state index in [-0.39, 0.29) is 39.5 Å². The van der Waals surface area contributed by atoms with Crippen LogP contribution in [0.25, 0.3) is 0 Å². The second-order valence-corrected chi connectivity index (χ2v) is 11.0. The molecule has 2 atom stereocenters. The number of nitrogens with one attached hydrogen (secondary N) is 3. The smallest absolute Gasteiger partial charge is 0.411 e. The maximum atomic E-state index is 13.5. The number of hydrogen-bond donors (Lipinski definition) is 3. The fourth-order valence-electron chi connectivity index (χ4n) is 3.70. The summed E-state index contributed by atoms with van der Waals surface area (Å²) in [6, 6.07) is 3.67. The number of amides is 4. The van der Waals surface area contributed by atoms with Crippen molar-refractivity contribution in [3.63, 3.8) is 0 Å². The van der Waals surface area contributed by atoms with E-state index in [2.05, 4.69) is 21.2 Å². The Morgan fingerprint density at radius 3 is 2.45 bits per heavy atom. The molecule has 3 N–H and O–H groups in total.